The molecule has 1 rings (SSSR count). The van der Waals surface area contributed by atoms with E-state index in [4.69, 9.17) is 5.73 Å². The summed E-state index contributed by atoms with van der Waals surface area (Å²) in [7, 11) is -2.12. The Balaban J connectivity index is 0.00000361. The molecule has 0 fully saturated rings. The van der Waals surface area contributed by atoms with Gasteiger partial charge >= 0.3 is 0 Å². The molecule has 8 heteroatoms. The fourth-order valence-electron chi connectivity index (χ4n) is 1.48. The van der Waals surface area contributed by atoms with E-state index < -0.39 is 10.0 Å². The number of halogens is 1. The Hall–Kier alpha value is -1.15. The summed E-state index contributed by atoms with van der Waals surface area (Å²) in [5.74, 6) is -0.217. The van der Waals surface area contributed by atoms with Crippen LogP contribution in [0.3, 0.4) is 0 Å². The molecule has 0 aliphatic heterocycles. The van der Waals surface area contributed by atoms with Gasteiger partial charge in [-0.05, 0) is 50.7 Å². The standard InChI is InChI=1S/C12H19N3O3S.ClH/c1-14-19(17,18)11-6-4-10(5-7-11)12(16)15-9-3-2-8-13;/h4-7,14H,2-3,8-9,13H2,1H3,(H,15,16);1H. The number of amides is 1. The van der Waals surface area contributed by atoms with Crippen molar-refractivity contribution in [2.24, 2.45) is 5.73 Å². The van der Waals surface area contributed by atoms with Crippen molar-refractivity contribution in [2.75, 3.05) is 20.1 Å². The van der Waals surface area contributed by atoms with Gasteiger partial charge < -0.3 is 11.1 Å². The Bertz CT molecular complexity index is 517. The van der Waals surface area contributed by atoms with E-state index in [-0.39, 0.29) is 23.2 Å². The lowest BCUT2D eigenvalue weighted by atomic mass is 10.2. The largest absolute Gasteiger partial charge is 0.352 e. The highest BCUT2D eigenvalue weighted by molar-refractivity contribution is 7.89. The van der Waals surface area contributed by atoms with Gasteiger partial charge in [0.05, 0.1) is 4.90 Å². The number of benzene rings is 1. The van der Waals surface area contributed by atoms with Crippen LogP contribution in [0.1, 0.15) is 23.2 Å². The van der Waals surface area contributed by atoms with Crippen molar-refractivity contribution >= 4 is 28.3 Å². The number of nitrogens with one attached hydrogen (secondary N) is 2. The number of hydrogen-bond acceptors (Lipinski definition) is 4. The van der Waals surface area contributed by atoms with Crippen molar-refractivity contribution in [3.8, 4) is 0 Å². The van der Waals surface area contributed by atoms with Crippen LogP contribution >= 0.6 is 12.4 Å². The van der Waals surface area contributed by atoms with Crippen LogP contribution < -0.4 is 15.8 Å². The molecule has 1 aromatic carbocycles. The average Bonchev–Trinajstić information content (AvgIpc) is 2.43. The monoisotopic (exact) mass is 321 g/mol. The molecule has 0 saturated carbocycles. The molecule has 0 unspecified atom stereocenters. The number of unbranched alkanes of at least 4 members (excludes halogenated alkanes) is 1. The summed E-state index contributed by atoms with van der Waals surface area (Å²) in [6.07, 6.45) is 1.69. The normalized spacial score (nSPS) is 10.7. The zero-order valence-electron chi connectivity index (χ0n) is 11.3. The van der Waals surface area contributed by atoms with Crippen molar-refractivity contribution in [3.63, 3.8) is 0 Å². The Morgan fingerprint density at radius 3 is 2.30 bits per heavy atom. The van der Waals surface area contributed by atoms with Crippen molar-refractivity contribution < 1.29 is 13.2 Å². The molecule has 1 aromatic rings. The van der Waals surface area contributed by atoms with Gasteiger partial charge in [-0.2, -0.15) is 0 Å². The minimum Gasteiger partial charge on any atom is -0.352 e. The number of rotatable bonds is 7. The van der Waals surface area contributed by atoms with E-state index in [1.54, 1.807) is 0 Å². The highest BCUT2D eigenvalue weighted by Gasteiger charge is 2.12. The van der Waals surface area contributed by atoms with E-state index in [2.05, 4.69) is 10.0 Å². The summed E-state index contributed by atoms with van der Waals surface area (Å²) in [5.41, 5.74) is 5.78. The Morgan fingerprint density at radius 1 is 1.20 bits per heavy atom. The number of carbonyl (C=O) groups is 1. The van der Waals surface area contributed by atoms with Crippen molar-refractivity contribution in [2.45, 2.75) is 17.7 Å². The van der Waals surface area contributed by atoms with Gasteiger partial charge in [0.25, 0.3) is 5.91 Å². The van der Waals surface area contributed by atoms with E-state index >= 15 is 0 Å². The lowest BCUT2D eigenvalue weighted by molar-refractivity contribution is 0.0953. The SMILES string of the molecule is CNS(=O)(=O)c1ccc(C(=O)NCCCCN)cc1.Cl. The molecule has 0 saturated heterocycles. The van der Waals surface area contributed by atoms with Crippen LogP contribution in [0, 0.1) is 0 Å². The minimum atomic E-state index is -3.46. The van der Waals surface area contributed by atoms with Crippen LogP contribution in [0.4, 0.5) is 0 Å². The molecule has 0 bridgehead atoms. The van der Waals surface area contributed by atoms with Gasteiger partial charge in [-0.15, -0.1) is 12.4 Å². The summed E-state index contributed by atoms with van der Waals surface area (Å²) < 4.78 is 25.2. The maximum absolute atomic E-state index is 11.7. The predicted molar refractivity (Wildman–Crippen MR) is 80.6 cm³/mol. The molecular formula is C12H20ClN3O3S. The zero-order valence-corrected chi connectivity index (χ0v) is 12.9. The van der Waals surface area contributed by atoms with Crippen LogP contribution in [0.25, 0.3) is 0 Å². The second-order valence-electron chi connectivity index (χ2n) is 3.98. The highest BCUT2D eigenvalue weighted by Crippen LogP contribution is 2.10. The quantitative estimate of drug-likeness (QED) is 0.636. The maximum Gasteiger partial charge on any atom is 0.251 e. The lowest BCUT2D eigenvalue weighted by Gasteiger charge is -2.06. The summed E-state index contributed by atoms with van der Waals surface area (Å²) in [4.78, 5) is 11.9. The molecule has 114 valence electrons. The molecule has 0 radical (unpaired) electrons. The van der Waals surface area contributed by atoms with Crippen molar-refractivity contribution in [3.05, 3.63) is 29.8 Å². The summed E-state index contributed by atoms with van der Waals surface area (Å²) in [5, 5.41) is 2.75. The van der Waals surface area contributed by atoms with Crippen LogP contribution in [0.2, 0.25) is 0 Å². The average molecular weight is 322 g/mol. The molecule has 0 spiro atoms. The first-order valence-electron chi connectivity index (χ1n) is 6.03. The van der Waals surface area contributed by atoms with E-state index in [0.29, 0.717) is 18.7 Å². The van der Waals surface area contributed by atoms with Gasteiger partial charge in [0.2, 0.25) is 10.0 Å². The summed E-state index contributed by atoms with van der Waals surface area (Å²) in [6, 6.07) is 5.78. The predicted octanol–water partition coefficient (Wildman–Crippen LogP) is 0.485. The number of sulfonamides is 1. The Morgan fingerprint density at radius 2 is 1.80 bits per heavy atom. The highest BCUT2D eigenvalue weighted by atomic mass is 35.5. The van der Waals surface area contributed by atoms with Gasteiger partial charge in [-0.1, -0.05) is 0 Å². The molecule has 0 atom stereocenters. The number of carbonyl (C=O) groups excluding carboxylic acids is 1. The van der Waals surface area contributed by atoms with Gasteiger partial charge in [0.15, 0.2) is 0 Å². The Labute approximate surface area is 125 Å². The first-order valence-corrected chi connectivity index (χ1v) is 7.51. The fourth-order valence-corrected chi connectivity index (χ4v) is 2.21. The topological polar surface area (TPSA) is 101 Å². The van der Waals surface area contributed by atoms with Gasteiger partial charge in [0.1, 0.15) is 0 Å². The summed E-state index contributed by atoms with van der Waals surface area (Å²) in [6.45, 7) is 1.17. The first kappa shape index (κ1) is 18.9. The molecule has 0 aliphatic carbocycles. The third kappa shape index (κ3) is 5.46. The zero-order chi connectivity index (χ0) is 14.3. The second-order valence-corrected chi connectivity index (χ2v) is 5.87. The third-order valence-electron chi connectivity index (χ3n) is 2.61. The van der Waals surface area contributed by atoms with E-state index in [9.17, 15) is 13.2 Å². The molecular weight excluding hydrogens is 302 g/mol. The molecule has 1 amide bonds. The van der Waals surface area contributed by atoms with E-state index in [1.807, 2.05) is 0 Å². The Kier molecular flexibility index (Phi) is 8.40. The van der Waals surface area contributed by atoms with E-state index in [1.165, 1.54) is 31.3 Å². The van der Waals surface area contributed by atoms with Crippen molar-refractivity contribution in [1.82, 2.24) is 10.0 Å². The molecule has 20 heavy (non-hydrogen) atoms. The molecule has 4 N–H and O–H groups in total. The van der Waals surface area contributed by atoms with Gasteiger partial charge in [-0.3, -0.25) is 4.79 Å². The molecule has 0 aromatic heterocycles. The fraction of sp³-hybridized carbons (Fsp3) is 0.417. The van der Waals surface area contributed by atoms with Crippen LogP contribution in [0.15, 0.2) is 29.2 Å². The lowest BCUT2D eigenvalue weighted by Crippen LogP contribution is -2.25. The minimum absolute atomic E-state index is 0. The molecule has 0 heterocycles. The smallest absolute Gasteiger partial charge is 0.251 e. The number of nitrogens with two attached hydrogens (primary N) is 1. The van der Waals surface area contributed by atoms with Crippen LogP contribution in [-0.2, 0) is 10.0 Å². The van der Waals surface area contributed by atoms with Crippen LogP contribution in [-0.4, -0.2) is 34.5 Å². The second kappa shape index (κ2) is 8.91. The first-order chi connectivity index (χ1) is 9.01. The summed E-state index contributed by atoms with van der Waals surface area (Å²) >= 11 is 0. The third-order valence-corrected chi connectivity index (χ3v) is 4.04. The van der Waals surface area contributed by atoms with Crippen molar-refractivity contribution in [1.29, 1.82) is 0 Å². The van der Waals surface area contributed by atoms with Gasteiger partial charge in [-0.25, -0.2) is 13.1 Å². The van der Waals surface area contributed by atoms with E-state index in [0.717, 1.165) is 12.8 Å². The molecule has 0 aliphatic rings. The number of hydrogen-bond donors (Lipinski definition) is 3. The molecule has 6 nitrogen and oxygen atoms in total. The maximum atomic E-state index is 11.7. The van der Waals surface area contributed by atoms with Gasteiger partial charge in [0, 0.05) is 12.1 Å². The van der Waals surface area contributed by atoms with Crippen LogP contribution in [0.5, 0.6) is 0 Å².